The summed E-state index contributed by atoms with van der Waals surface area (Å²) in [5, 5.41) is 14.3. The molecule has 1 unspecified atom stereocenters. The highest BCUT2D eigenvalue weighted by molar-refractivity contribution is 5.40. The van der Waals surface area contributed by atoms with Gasteiger partial charge in [0.15, 0.2) is 0 Å². The minimum atomic E-state index is -0.748. The number of imidazole rings is 1. The molecule has 3 aromatic heterocycles. The molecule has 0 aliphatic heterocycles. The molecule has 3 rings (SSSR count). The monoisotopic (exact) mass is 228 g/mol. The number of fused-ring (bicyclic) bond motifs is 1. The summed E-state index contributed by atoms with van der Waals surface area (Å²) in [6.07, 6.45) is 4.64. The van der Waals surface area contributed by atoms with Gasteiger partial charge in [-0.15, -0.1) is 0 Å². The van der Waals surface area contributed by atoms with Crippen LogP contribution in [-0.4, -0.2) is 24.3 Å². The quantitative estimate of drug-likeness (QED) is 0.715. The van der Waals surface area contributed by atoms with Gasteiger partial charge in [-0.1, -0.05) is 6.07 Å². The van der Waals surface area contributed by atoms with Crippen LogP contribution in [0.3, 0.4) is 0 Å². The Morgan fingerprint density at radius 3 is 2.88 bits per heavy atom. The maximum absolute atomic E-state index is 10.2. The molecule has 5 nitrogen and oxygen atoms in total. The lowest BCUT2D eigenvalue weighted by molar-refractivity contribution is 0.205. The highest BCUT2D eigenvalue weighted by atomic mass is 16.3. The second-order valence-corrected chi connectivity index (χ2v) is 3.91. The second-order valence-electron chi connectivity index (χ2n) is 3.91. The fraction of sp³-hybridized carbons (Fsp3) is 0.167. The molecule has 3 aromatic rings. The molecule has 0 saturated heterocycles. The fourth-order valence-electron chi connectivity index (χ4n) is 1.89. The molecule has 0 saturated carbocycles. The molecule has 0 aliphatic carbocycles. The van der Waals surface area contributed by atoms with Crippen molar-refractivity contribution in [3.63, 3.8) is 0 Å². The van der Waals surface area contributed by atoms with Crippen molar-refractivity contribution < 1.29 is 5.11 Å². The Bertz CT molecular complexity index is 622. The van der Waals surface area contributed by atoms with E-state index in [0.29, 0.717) is 5.69 Å². The third kappa shape index (κ3) is 1.60. The van der Waals surface area contributed by atoms with Crippen molar-refractivity contribution >= 4 is 5.65 Å². The predicted octanol–water partition coefficient (Wildman–Crippen LogP) is 1.15. The zero-order chi connectivity index (χ0) is 11.8. The molecule has 3 heterocycles. The first-order valence-corrected chi connectivity index (χ1v) is 5.35. The third-order valence-corrected chi connectivity index (χ3v) is 2.80. The minimum absolute atomic E-state index is 0.625. The van der Waals surface area contributed by atoms with Crippen LogP contribution >= 0.6 is 0 Å². The van der Waals surface area contributed by atoms with Gasteiger partial charge < -0.3 is 9.51 Å². The van der Waals surface area contributed by atoms with Crippen LogP contribution in [0.5, 0.6) is 0 Å². The Morgan fingerprint density at radius 2 is 2.18 bits per heavy atom. The topological polar surface area (TPSA) is 55.3 Å². The molecule has 0 amide bonds. The largest absolute Gasteiger partial charge is 0.380 e. The molecule has 5 heteroatoms. The van der Waals surface area contributed by atoms with E-state index in [1.807, 2.05) is 35.0 Å². The molecule has 0 fully saturated rings. The van der Waals surface area contributed by atoms with Gasteiger partial charge in [0.2, 0.25) is 0 Å². The molecular weight excluding hydrogens is 216 g/mol. The molecular formula is C12H12N4O. The standard InChI is InChI=1S/C12H12N4O/c1-15-10(5-6-13-15)12(17)9-8-16-7-3-2-4-11(16)14-9/h2-8,12,17H,1H3. The van der Waals surface area contributed by atoms with Crippen molar-refractivity contribution in [3.05, 3.63) is 54.2 Å². The van der Waals surface area contributed by atoms with Crippen molar-refractivity contribution in [2.24, 2.45) is 7.05 Å². The first-order valence-electron chi connectivity index (χ1n) is 5.35. The third-order valence-electron chi connectivity index (χ3n) is 2.80. The smallest absolute Gasteiger partial charge is 0.139 e. The van der Waals surface area contributed by atoms with E-state index in [9.17, 15) is 5.11 Å². The summed E-state index contributed by atoms with van der Waals surface area (Å²) in [6, 6.07) is 7.53. The van der Waals surface area contributed by atoms with Gasteiger partial charge in [0, 0.05) is 25.6 Å². The van der Waals surface area contributed by atoms with Crippen LogP contribution in [-0.2, 0) is 7.05 Å². The lowest BCUT2D eigenvalue weighted by Crippen LogP contribution is -2.06. The fourth-order valence-corrected chi connectivity index (χ4v) is 1.89. The zero-order valence-electron chi connectivity index (χ0n) is 9.35. The Morgan fingerprint density at radius 1 is 1.29 bits per heavy atom. The van der Waals surface area contributed by atoms with Crippen LogP contribution in [0.4, 0.5) is 0 Å². The van der Waals surface area contributed by atoms with Gasteiger partial charge in [0.1, 0.15) is 11.8 Å². The highest BCUT2D eigenvalue weighted by Crippen LogP contribution is 2.20. The van der Waals surface area contributed by atoms with E-state index in [-0.39, 0.29) is 0 Å². The molecule has 0 radical (unpaired) electrons. The number of aromatic nitrogens is 4. The van der Waals surface area contributed by atoms with Crippen molar-refractivity contribution in [3.8, 4) is 0 Å². The Kier molecular flexibility index (Phi) is 2.19. The minimum Gasteiger partial charge on any atom is -0.380 e. The van der Waals surface area contributed by atoms with Crippen molar-refractivity contribution in [2.75, 3.05) is 0 Å². The number of hydrogen-bond donors (Lipinski definition) is 1. The van der Waals surface area contributed by atoms with E-state index in [1.165, 1.54) is 0 Å². The first-order chi connectivity index (χ1) is 8.25. The normalized spacial score (nSPS) is 13.1. The Balaban J connectivity index is 2.07. The summed E-state index contributed by atoms with van der Waals surface area (Å²) in [6.45, 7) is 0. The summed E-state index contributed by atoms with van der Waals surface area (Å²) >= 11 is 0. The molecule has 0 aromatic carbocycles. The highest BCUT2D eigenvalue weighted by Gasteiger charge is 2.16. The van der Waals surface area contributed by atoms with Crippen LogP contribution < -0.4 is 0 Å². The summed E-state index contributed by atoms with van der Waals surface area (Å²) in [4.78, 5) is 4.38. The molecule has 86 valence electrons. The van der Waals surface area contributed by atoms with E-state index in [2.05, 4.69) is 10.1 Å². The average molecular weight is 228 g/mol. The summed E-state index contributed by atoms with van der Waals surface area (Å²) in [7, 11) is 1.80. The van der Waals surface area contributed by atoms with Gasteiger partial charge in [-0.25, -0.2) is 4.98 Å². The van der Waals surface area contributed by atoms with E-state index in [4.69, 9.17) is 0 Å². The van der Waals surface area contributed by atoms with E-state index >= 15 is 0 Å². The SMILES string of the molecule is Cn1nccc1C(O)c1cn2ccccc2n1. The van der Waals surface area contributed by atoms with Gasteiger partial charge in [-0.05, 0) is 18.2 Å². The first kappa shape index (κ1) is 10.0. The Hall–Kier alpha value is -2.14. The second kappa shape index (κ2) is 3.71. The average Bonchev–Trinajstić information content (AvgIpc) is 2.93. The van der Waals surface area contributed by atoms with Gasteiger partial charge in [-0.2, -0.15) is 5.10 Å². The number of pyridine rings is 1. The van der Waals surface area contributed by atoms with Crippen molar-refractivity contribution in [1.29, 1.82) is 0 Å². The number of aryl methyl sites for hydroxylation is 1. The zero-order valence-corrected chi connectivity index (χ0v) is 9.35. The maximum Gasteiger partial charge on any atom is 0.139 e. The molecule has 17 heavy (non-hydrogen) atoms. The van der Waals surface area contributed by atoms with Gasteiger partial charge in [0.25, 0.3) is 0 Å². The summed E-state index contributed by atoms with van der Waals surface area (Å²) in [5.74, 6) is 0. The molecule has 1 atom stereocenters. The van der Waals surface area contributed by atoms with Crippen molar-refractivity contribution in [1.82, 2.24) is 19.2 Å². The van der Waals surface area contributed by atoms with Crippen LogP contribution in [0.1, 0.15) is 17.5 Å². The number of rotatable bonds is 2. The maximum atomic E-state index is 10.2. The van der Waals surface area contributed by atoms with Gasteiger partial charge >= 0.3 is 0 Å². The van der Waals surface area contributed by atoms with Crippen molar-refractivity contribution in [2.45, 2.75) is 6.10 Å². The summed E-state index contributed by atoms with van der Waals surface area (Å²) in [5.41, 5.74) is 2.18. The van der Waals surface area contributed by atoms with Gasteiger partial charge in [0.05, 0.1) is 11.4 Å². The number of aliphatic hydroxyl groups excluding tert-OH is 1. The molecule has 0 bridgehead atoms. The van der Waals surface area contributed by atoms with Crippen LogP contribution in [0.25, 0.3) is 5.65 Å². The lowest BCUT2D eigenvalue weighted by atomic mass is 10.2. The Labute approximate surface area is 98.0 Å². The molecule has 0 aliphatic rings. The molecule has 0 spiro atoms. The van der Waals surface area contributed by atoms with E-state index in [0.717, 1.165) is 11.3 Å². The van der Waals surface area contributed by atoms with E-state index in [1.54, 1.807) is 24.0 Å². The number of hydrogen-bond acceptors (Lipinski definition) is 3. The number of nitrogens with zero attached hydrogens (tertiary/aromatic N) is 4. The van der Waals surface area contributed by atoms with Crippen LogP contribution in [0, 0.1) is 0 Å². The predicted molar refractivity (Wildman–Crippen MR) is 62.5 cm³/mol. The summed E-state index contributed by atoms with van der Waals surface area (Å²) < 4.78 is 3.53. The molecule has 1 N–H and O–H groups in total. The van der Waals surface area contributed by atoms with Crippen LogP contribution in [0.15, 0.2) is 42.9 Å². The number of aliphatic hydroxyl groups is 1. The van der Waals surface area contributed by atoms with E-state index < -0.39 is 6.10 Å². The van der Waals surface area contributed by atoms with Crippen LogP contribution in [0.2, 0.25) is 0 Å². The van der Waals surface area contributed by atoms with Gasteiger partial charge in [-0.3, -0.25) is 4.68 Å². The lowest BCUT2D eigenvalue weighted by Gasteiger charge is -2.07.